The van der Waals surface area contributed by atoms with Crippen LogP contribution in [0.2, 0.25) is 0 Å². The second-order valence-electron chi connectivity index (χ2n) is 9.74. The van der Waals surface area contributed by atoms with Crippen LogP contribution in [0.25, 0.3) is 0 Å². The van der Waals surface area contributed by atoms with Gasteiger partial charge in [-0.3, -0.25) is 9.79 Å². The van der Waals surface area contributed by atoms with E-state index in [-0.39, 0.29) is 34.7 Å². The van der Waals surface area contributed by atoms with Crippen molar-refractivity contribution in [2.24, 2.45) is 21.7 Å². The number of aliphatic imine (C=N–C) groups is 1. The largest absolute Gasteiger partial charge is 0.380 e. The van der Waals surface area contributed by atoms with Crippen molar-refractivity contribution in [1.82, 2.24) is 10.2 Å². The van der Waals surface area contributed by atoms with Crippen molar-refractivity contribution in [2.45, 2.75) is 67.0 Å². The molecule has 0 unspecified atom stereocenters. The summed E-state index contributed by atoms with van der Waals surface area (Å²) in [5.74, 6) is 1.31. The zero-order valence-corrected chi connectivity index (χ0v) is 16.8. The third-order valence-corrected chi connectivity index (χ3v) is 5.30. The number of amidine groups is 1. The Bertz CT molecular complexity index is 618. The van der Waals surface area contributed by atoms with E-state index in [1.54, 1.807) is 0 Å². The van der Waals surface area contributed by atoms with Gasteiger partial charge in [-0.25, -0.2) is 0 Å². The van der Waals surface area contributed by atoms with E-state index in [2.05, 4.69) is 58.7 Å². The number of fused-ring (bicyclic) bond motifs is 1. The summed E-state index contributed by atoms with van der Waals surface area (Å²) < 4.78 is 5.15. The molecule has 0 aliphatic carbocycles. The average molecular weight is 348 g/mol. The lowest BCUT2D eigenvalue weighted by Gasteiger charge is -2.41. The number of hydrogen-bond donors (Lipinski definition) is 1. The number of nitrogens with one attached hydrogen (secondary N) is 1. The second-order valence-corrected chi connectivity index (χ2v) is 9.74. The van der Waals surface area contributed by atoms with Gasteiger partial charge in [-0.15, -0.1) is 0 Å². The second kappa shape index (κ2) is 6.11. The average Bonchev–Trinajstić information content (AvgIpc) is 2.74. The minimum absolute atomic E-state index is 0.0103. The molecule has 0 aromatic heterocycles. The summed E-state index contributed by atoms with van der Waals surface area (Å²) in [5, 5.41) is 3.25. The molecule has 1 N–H and O–H groups in total. The molecule has 0 bridgehead atoms. The van der Waals surface area contributed by atoms with Crippen LogP contribution in [0.3, 0.4) is 0 Å². The maximum Gasteiger partial charge on any atom is 0.228 e. The van der Waals surface area contributed by atoms with Crippen LogP contribution in [0.4, 0.5) is 0 Å². The molecule has 0 radical (unpaired) electrons. The fraction of sp³-hybridized carbons (Fsp3) is 0.800. The fourth-order valence-corrected chi connectivity index (χ4v) is 4.23. The lowest BCUT2D eigenvalue weighted by atomic mass is 9.79. The van der Waals surface area contributed by atoms with Crippen LogP contribution in [-0.2, 0) is 9.53 Å². The molecular formula is C20H33N3O2. The Morgan fingerprint density at radius 2 is 1.80 bits per heavy atom. The van der Waals surface area contributed by atoms with Gasteiger partial charge >= 0.3 is 0 Å². The first-order valence-corrected chi connectivity index (χ1v) is 9.46. The smallest absolute Gasteiger partial charge is 0.228 e. The van der Waals surface area contributed by atoms with Crippen molar-refractivity contribution in [1.29, 1.82) is 0 Å². The van der Waals surface area contributed by atoms with E-state index >= 15 is 0 Å². The highest BCUT2D eigenvalue weighted by Crippen LogP contribution is 2.42. The molecular weight excluding hydrogens is 314 g/mol. The molecule has 0 aromatic rings. The van der Waals surface area contributed by atoms with Crippen molar-refractivity contribution in [3.8, 4) is 0 Å². The van der Waals surface area contributed by atoms with Crippen LogP contribution in [0, 0.1) is 16.7 Å². The molecule has 3 aliphatic heterocycles. The molecule has 5 nitrogen and oxygen atoms in total. The van der Waals surface area contributed by atoms with E-state index in [9.17, 15) is 4.79 Å². The Hall–Kier alpha value is -1.36. The fourth-order valence-electron chi connectivity index (χ4n) is 4.23. The number of nitrogens with zero attached hydrogens (tertiary/aromatic N) is 2. The normalized spacial score (nSPS) is 27.8. The van der Waals surface area contributed by atoms with E-state index in [1.165, 1.54) is 11.3 Å². The van der Waals surface area contributed by atoms with Gasteiger partial charge in [0, 0.05) is 24.1 Å². The SMILES string of the molecule is C[C@@H]1N=C(C(C)(C)C)N2C[C@@H](NC(=O)C3COC3)CC2=C1C(C)(C)C. The van der Waals surface area contributed by atoms with Crippen LogP contribution in [0.15, 0.2) is 16.3 Å². The predicted octanol–water partition coefficient (Wildman–Crippen LogP) is 2.97. The number of carbonyl (C=O) groups excluding carboxylic acids is 1. The summed E-state index contributed by atoms with van der Waals surface area (Å²) in [5.41, 5.74) is 2.84. The van der Waals surface area contributed by atoms with Crippen LogP contribution in [0.1, 0.15) is 54.9 Å². The molecule has 25 heavy (non-hydrogen) atoms. The summed E-state index contributed by atoms with van der Waals surface area (Å²) in [4.78, 5) is 19.8. The lowest BCUT2D eigenvalue weighted by molar-refractivity contribution is -0.139. The van der Waals surface area contributed by atoms with Crippen LogP contribution in [-0.4, -0.2) is 48.5 Å². The Labute approximate surface area is 151 Å². The van der Waals surface area contributed by atoms with Gasteiger partial charge in [0.25, 0.3) is 0 Å². The van der Waals surface area contributed by atoms with Gasteiger partial charge < -0.3 is 15.0 Å². The monoisotopic (exact) mass is 347 g/mol. The molecule has 0 spiro atoms. The van der Waals surface area contributed by atoms with Crippen molar-refractivity contribution >= 4 is 11.7 Å². The number of ether oxygens (including phenoxy) is 1. The van der Waals surface area contributed by atoms with Crippen molar-refractivity contribution < 1.29 is 9.53 Å². The summed E-state index contributed by atoms with van der Waals surface area (Å²) in [6.45, 7) is 17.6. The quantitative estimate of drug-likeness (QED) is 0.835. The standard InChI is InChI=1S/C20H33N3O2/c1-12-16(19(2,3)4)15-8-14(22-17(24)13-10-25-11-13)9-23(15)18(21-12)20(5,6)7/h12-14H,8-11H2,1-7H3,(H,22,24)/t12-,14-/m0/s1. The Kier molecular flexibility index (Phi) is 4.51. The molecule has 2 atom stereocenters. The Balaban J connectivity index is 1.89. The van der Waals surface area contributed by atoms with Crippen LogP contribution in [0.5, 0.6) is 0 Å². The third kappa shape index (κ3) is 3.48. The highest BCUT2D eigenvalue weighted by molar-refractivity contribution is 5.91. The van der Waals surface area contributed by atoms with E-state index < -0.39 is 0 Å². The first kappa shape index (κ1) is 18.4. The molecule has 1 amide bonds. The Morgan fingerprint density at radius 1 is 1.16 bits per heavy atom. The van der Waals surface area contributed by atoms with E-state index in [0.29, 0.717) is 13.2 Å². The zero-order chi connectivity index (χ0) is 18.6. The van der Waals surface area contributed by atoms with Crippen molar-refractivity contribution in [2.75, 3.05) is 19.8 Å². The molecule has 140 valence electrons. The number of hydrogen-bond acceptors (Lipinski definition) is 4. The molecule has 2 fully saturated rings. The third-order valence-electron chi connectivity index (χ3n) is 5.30. The van der Waals surface area contributed by atoms with Crippen molar-refractivity contribution in [3.05, 3.63) is 11.3 Å². The maximum atomic E-state index is 12.4. The highest BCUT2D eigenvalue weighted by Gasteiger charge is 2.43. The van der Waals surface area contributed by atoms with Crippen LogP contribution >= 0.6 is 0 Å². The van der Waals surface area contributed by atoms with Gasteiger partial charge in [0.15, 0.2) is 0 Å². The van der Waals surface area contributed by atoms with Gasteiger partial charge in [-0.2, -0.15) is 0 Å². The maximum absolute atomic E-state index is 12.4. The molecule has 3 aliphatic rings. The van der Waals surface area contributed by atoms with Crippen molar-refractivity contribution in [3.63, 3.8) is 0 Å². The zero-order valence-electron chi connectivity index (χ0n) is 16.8. The van der Waals surface area contributed by atoms with Gasteiger partial charge in [0.2, 0.25) is 5.91 Å². The molecule has 3 heterocycles. The summed E-state index contributed by atoms with van der Waals surface area (Å²) in [6.07, 6.45) is 0.894. The first-order valence-electron chi connectivity index (χ1n) is 9.46. The first-order chi connectivity index (χ1) is 11.5. The van der Waals surface area contributed by atoms with E-state index in [1.807, 2.05) is 0 Å². The van der Waals surface area contributed by atoms with Crippen LogP contribution < -0.4 is 5.32 Å². The van der Waals surface area contributed by atoms with Gasteiger partial charge in [0.1, 0.15) is 5.84 Å². The lowest BCUT2D eigenvalue weighted by Crippen LogP contribution is -2.48. The summed E-state index contributed by atoms with van der Waals surface area (Å²) in [7, 11) is 0. The molecule has 2 saturated heterocycles. The molecule has 3 rings (SSSR count). The van der Waals surface area contributed by atoms with Gasteiger partial charge in [0.05, 0.1) is 31.2 Å². The predicted molar refractivity (Wildman–Crippen MR) is 100 cm³/mol. The Morgan fingerprint density at radius 3 is 2.28 bits per heavy atom. The van der Waals surface area contributed by atoms with Gasteiger partial charge in [-0.05, 0) is 17.9 Å². The highest BCUT2D eigenvalue weighted by atomic mass is 16.5. The number of rotatable bonds is 2. The van der Waals surface area contributed by atoms with E-state index in [0.717, 1.165) is 18.8 Å². The number of carbonyl (C=O) groups is 1. The minimum atomic E-state index is -0.0103. The summed E-state index contributed by atoms with van der Waals surface area (Å²) >= 11 is 0. The van der Waals surface area contributed by atoms with Gasteiger partial charge in [-0.1, -0.05) is 41.5 Å². The molecule has 0 aromatic carbocycles. The number of amides is 1. The molecule has 0 saturated carbocycles. The summed E-state index contributed by atoms with van der Waals surface area (Å²) in [6, 6.07) is 0.341. The molecule has 5 heteroatoms. The van der Waals surface area contributed by atoms with E-state index in [4.69, 9.17) is 9.73 Å². The minimum Gasteiger partial charge on any atom is -0.380 e. The topological polar surface area (TPSA) is 53.9 Å².